The molecule has 4 heteroatoms. The lowest BCUT2D eigenvalue weighted by atomic mass is 9.82. The van der Waals surface area contributed by atoms with Crippen LogP contribution in [0.5, 0.6) is 0 Å². The highest BCUT2D eigenvalue weighted by Crippen LogP contribution is 2.35. The van der Waals surface area contributed by atoms with Crippen molar-refractivity contribution in [2.24, 2.45) is 11.3 Å². The molecule has 2 N–H and O–H groups in total. The number of carbonyl (C=O) groups is 2. The second kappa shape index (κ2) is 1.82. The Labute approximate surface area is 64.3 Å². The summed E-state index contributed by atoms with van der Waals surface area (Å²) in [6, 6.07) is 0. The zero-order valence-electron chi connectivity index (χ0n) is 6.31. The van der Waals surface area contributed by atoms with Gasteiger partial charge in [0.25, 0.3) is 0 Å². The first-order chi connectivity index (χ1) is 5.14. The molecule has 4 nitrogen and oxygen atoms in total. The van der Waals surface area contributed by atoms with E-state index in [9.17, 15) is 9.59 Å². The average Bonchev–Trinajstić information content (AvgIpc) is 2.39. The Morgan fingerprint density at radius 3 is 2.91 bits per heavy atom. The van der Waals surface area contributed by atoms with Gasteiger partial charge in [0.2, 0.25) is 11.8 Å². The minimum absolute atomic E-state index is 0.123. The van der Waals surface area contributed by atoms with E-state index >= 15 is 0 Å². The first-order valence-electron chi connectivity index (χ1n) is 3.70. The van der Waals surface area contributed by atoms with Crippen molar-refractivity contribution in [3.8, 4) is 0 Å². The quantitative estimate of drug-likeness (QED) is 0.434. The van der Waals surface area contributed by atoms with Crippen molar-refractivity contribution >= 4 is 11.8 Å². The highest BCUT2D eigenvalue weighted by atomic mass is 16.2. The molecule has 0 radical (unpaired) electrons. The third kappa shape index (κ3) is 0.673. The topological polar surface area (TPSA) is 58.2 Å². The molecule has 0 saturated carbocycles. The van der Waals surface area contributed by atoms with Gasteiger partial charge in [-0.25, -0.2) is 0 Å². The second-order valence-corrected chi connectivity index (χ2v) is 3.42. The summed E-state index contributed by atoms with van der Waals surface area (Å²) in [6.07, 6.45) is 0. The van der Waals surface area contributed by atoms with Crippen LogP contribution in [0.2, 0.25) is 0 Å². The van der Waals surface area contributed by atoms with Crippen LogP contribution in [0.1, 0.15) is 6.92 Å². The molecule has 2 atom stereocenters. The number of nitrogens with one attached hydrogen (secondary N) is 2. The summed E-state index contributed by atoms with van der Waals surface area (Å²) >= 11 is 0. The lowest BCUT2D eigenvalue weighted by Crippen LogP contribution is -2.33. The Morgan fingerprint density at radius 1 is 1.55 bits per heavy atom. The zero-order chi connectivity index (χ0) is 8.06. The van der Waals surface area contributed by atoms with Crippen molar-refractivity contribution < 1.29 is 9.59 Å². The van der Waals surface area contributed by atoms with Crippen LogP contribution >= 0.6 is 0 Å². The van der Waals surface area contributed by atoms with E-state index in [4.69, 9.17) is 0 Å². The first-order valence-corrected chi connectivity index (χ1v) is 3.70. The number of fused-ring (bicyclic) bond motifs is 1. The van der Waals surface area contributed by atoms with Crippen LogP contribution in [0, 0.1) is 11.3 Å². The maximum atomic E-state index is 11.2. The third-order valence-corrected chi connectivity index (χ3v) is 2.68. The third-order valence-electron chi connectivity index (χ3n) is 2.68. The monoisotopic (exact) mass is 154 g/mol. The van der Waals surface area contributed by atoms with Crippen LogP contribution in [0.25, 0.3) is 0 Å². The maximum Gasteiger partial charge on any atom is 0.234 e. The fourth-order valence-electron chi connectivity index (χ4n) is 1.79. The number of rotatable bonds is 0. The molecular formula is C7H10N2O2. The molecule has 0 aromatic heterocycles. The van der Waals surface area contributed by atoms with Crippen molar-refractivity contribution in [1.82, 2.24) is 10.6 Å². The fourth-order valence-corrected chi connectivity index (χ4v) is 1.79. The van der Waals surface area contributed by atoms with Gasteiger partial charge in [-0.1, -0.05) is 0 Å². The van der Waals surface area contributed by atoms with Gasteiger partial charge in [-0.05, 0) is 6.92 Å². The molecule has 2 unspecified atom stereocenters. The molecule has 0 aromatic rings. The summed E-state index contributed by atoms with van der Waals surface area (Å²) in [5.41, 5.74) is -0.475. The molecule has 60 valence electrons. The molecule has 2 amide bonds. The largest absolute Gasteiger partial charge is 0.315 e. The number of hydrogen-bond donors (Lipinski definition) is 2. The van der Waals surface area contributed by atoms with E-state index in [-0.39, 0.29) is 17.7 Å². The summed E-state index contributed by atoms with van der Waals surface area (Å²) in [7, 11) is 0. The highest BCUT2D eigenvalue weighted by Gasteiger charge is 2.54. The molecule has 2 rings (SSSR count). The van der Waals surface area contributed by atoms with Gasteiger partial charge in [0.1, 0.15) is 0 Å². The van der Waals surface area contributed by atoms with E-state index in [1.807, 2.05) is 6.92 Å². The highest BCUT2D eigenvalue weighted by molar-refractivity contribution is 6.07. The van der Waals surface area contributed by atoms with E-state index in [1.165, 1.54) is 0 Å². The van der Waals surface area contributed by atoms with E-state index in [1.54, 1.807) is 0 Å². The summed E-state index contributed by atoms with van der Waals surface area (Å²) in [4.78, 5) is 22.3. The van der Waals surface area contributed by atoms with Crippen LogP contribution in [0.15, 0.2) is 0 Å². The molecule has 0 bridgehead atoms. The van der Waals surface area contributed by atoms with Crippen LogP contribution in [0.4, 0.5) is 0 Å². The molecule has 11 heavy (non-hydrogen) atoms. The molecule has 0 spiro atoms. The summed E-state index contributed by atoms with van der Waals surface area (Å²) in [5, 5.41) is 5.39. The molecule has 0 aliphatic carbocycles. The molecule has 0 aromatic carbocycles. The molecular weight excluding hydrogens is 144 g/mol. The van der Waals surface area contributed by atoms with Crippen LogP contribution in [0.3, 0.4) is 0 Å². The molecule has 2 aliphatic rings. The average molecular weight is 154 g/mol. The van der Waals surface area contributed by atoms with Crippen molar-refractivity contribution in [1.29, 1.82) is 0 Å². The minimum Gasteiger partial charge on any atom is -0.315 e. The van der Waals surface area contributed by atoms with Gasteiger partial charge < -0.3 is 5.32 Å². The lowest BCUT2D eigenvalue weighted by molar-refractivity contribution is -0.127. The Bertz CT molecular complexity index is 239. The Kier molecular flexibility index (Phi) is 1.12. The zero-order valence-corrected chi connectivity index (χ0v) is 6.31. The van der Waals surface area contributed by atoms with Gasteiger partial charge in [-0.3, -0.25) is 14.9 Å². The van der Waals surface area contributed by atoms with E-state index in [2.05, 4.69) is 10.6 Å². The summed E-state index contributed by atoms with van der Waals surface area (Å²) < 4.78 is 0. The molecule has 2 aliphatic heterocycles. The maximum absolute atomic E-state index is 11.2. The Morgan fingerprint density at radius 2 is 2.27 bits per heavy atom. The SMILES string of the molecule is CC12CNCC1C(=O)NC2=O. The van der Waals surface area contributed by atoms with Crippen LogP contribution in [-0.2, 0) is 9.59 Å². The van der Waals surface area contributed by atoms with Gasteiger partial charge in [-0.2, -0.15) is 0 Å². The van der Waals surface area contributed by atoms with Crippen molar-refractivity contribution in [2.45, 2.75) is 6.92 Å². The van der Waals surface area contributed by atoms with Crippen LogP contribution in [-0.4, -0.2) is 24.9 Å². The summed E-state index contributed by atoms with van der Waals surface area (Å²) in [5.74, 6) is -0.394. The Balaban J connectivity index is 2.39. The van der Waals surface area contributed by atoms with Crippen LogP contribution < -0.4 is 10.6 Å². The van der Waals surface area contributed by atoms with Gasteiger partial charge in [-0.15, -0.1) is 0 Å². The minimum atomic E-state index is -0.475. The second-order valence-electron chi connectivity index (χ2n) is 3.42. The van der Waals surface area contributed by atoms with E-state index in [0.29, 0.717) is 13.1 Å². The number of hydrogen-bond acceptors (Lipinski definition) is 3. The van der Waals surface area contributed by atoms with Crippen molar-refractivity contribution in [3.05, 3.63) is 0 Å². The van der Waals surface area contributed by atoms with E-state index in [0.717, 1.165) is 0 Å². The predicted molar refractivity (Wildman–Crippen MR) is 37.6 cm³/mol. The molecule has 2 fully saturated rings. The number of carbonyl (C=O) groups excluding carboxylic acids is 2. The van der Waals surface area contributed by atoms with Gasteiger partial charge in [0.05, 0.1) is 11.3 Å². The van der Waals surface area contributed by atoms with Crippen molar-refractivity contribution in [3.63, 3.8) is 0 Å². The first kappa shape index (κ1) is 6.79. The smallest absolute Gasteiger partial charge is 0.234 e. The van der Waals surface area contributed by atoms with Crippen molar-refractivity contribution in [2.75, 3.05) is 13.1 Å². The number of amides is 2. The summed E-state index contributed by atoms with van der Waals surface area (Å²) in [6.45, 7) is 3.08. The Hall–Kier alpha value is -0.900. The molecule has 2 heterocycles. The number of imide groups is 1. The van der Waals surface area contributed by atoms with Gasteiger partial charge in [0.15, 0.2) is 0 Å². The predicted octanol–water partition coefficient (Wildman–Crippen LogP) is -1.13. The standard InChI is InChI=1S/C7H10N2O2/c1-7-3-8-2-4(7)5(10)9-6(7)11/h4,8H,2-3H2,1H3,(H,9,10,11). The fraction of sp³-hybridized carbons (Fsp3) is 0.714. The lowest BCUT2D eigenvalue weighted by Gasteiger charge is -2.15. The van der Waals surface area contributed by atoms with Gasteiger partial charge >= 0.3 is 0 Å². The van der Waals surface area contributed by atoms with Gasteiger partial charge in [0, 0.05) is 13.1 Å². The van der Waals surface area contributed by atoms with E-state index < -0.39 is 5.41 Å². The normalized spacial score (nSPS) is 42.5. The molecule has 2 saturated heterocycles.